The van der Waals surface area contributed by atoms with Gasteiger partial charge in [0.05, 0.1) is 5.69 Å². The van der Waals surface area contributed by atoms with Crippen LogP contribution in [0.5, 0.6) is 17.2 Å². The molecule has 5 nitrogen and oxygen atoms in total. The van der Waals surface area contributed by atoms with Crippen molar-refractivity contribution in [2.75, 3.05) is 4.90 Å². The molecule has 1 amide bonds. The number of phenolic OH excluding ortho intramolecular Hbond substituents is 3. The van der Waals surface area contributed by atoms with Crippen LogP contribution in [0.4, 0.5) is 11.4 Å². The molecule has 266 valence electrons. The first-order chi connectivity index (χ1) is 27.0. The average molecular weight is 716 g/mol. The highest BCUT2D eigenvalue weighted by Crippen LogP contribution is 2.54. The maximum atomic E-state index is 15.2. The zero-order valence-electron chi connectivity index (χ0n) is 29.8. The molecule has 0 atom stereocenters. The van der Waals surface area contributed by atoms with Crippen LogP contribution in [0.3, 0.4) is 0 Å². The van der Waals surface area contributed by atoms with Gasteiger partial charge in [-0.05, 0) is 76.3 Å². The molecule has 0 radical (unpaired) electrons. The Morgan fingerprint density at radius 3 is 1.29 bits per heavy atom. The van der Waals surface area contributed by atoms with Crippen LogP contribution in [0.15, 0.2) is 206 Å². The number of hydrogen-bond donors (Lipinski definition) is 3. The van der Waals surface area contributed by atoms with Crippen molar-refractivity contribution < 1.29 is 20.1 Å². The number of anilines is 2. The van der Waals surface area contributed by atoms with E-state index in [2.05, 4.69) is 0 Å². The molecule has 0 aliphatic carbocycles. The van der Waals surface area contributed by atoms with Gasteiger partial charge < -0.3 is 15.3 Å². The lowest BCUT2D eigenvalue weighted by Gasteiger charge is -2.31. The zero-order valence-corrected chi connectivity index (χ0v) is 29.8. The van der Waals surface area contributed by atoms with E-state index >= 15 is 4.79 Å². The Morgan fingerprint density at radius 2 is 0.782 bits per heavy atom. The number of rotatable bonds is 6. The van der Waals surface area contributed by atoms with Crippen molar-refractivity contribution >= 4 is 17.3 Å². The van der Waals surface area contributed by atoms with Crippen molar-refractivity contribution in [3.8, 4) is 50.6 Å². The summed E-state index contributed by atoms with van der Waals surface area (Å²) >= 11 is 0. The van der Waals surface area contributed by atoms with Crippen molar-refractivity contribution in [3.63, 3.8) is 0 Å². The SMILES string of the molecule is O=C1N(c2ccccc2)c2ccccc2C1(c1ccc(O)c(-c2ccccc2)c1)c1ccc(O)c(-c2ccccc2)c1.Oc1ccccc1-c1ccccc1. The quantitative estimate of drug-likeness (QED) is 0.160. The summed E-state index contributed by atoms with van der Waals surface area (Å²) in [6, 6.07) is 64.9. The molecule has 1 heterocycles. The molecule has 0 bridgehead atoms. The molecule has 0 saturated heterocycles. The lowest BCUT2D eigenvalue weighted by molar-refractivity contribution is -0.120. The molecule has 1 aliphatic heterocycles. The summed E-state index contributed by atoms with van der Waals surface area (Å²) in [6.07, 6.45) is 0. The van der Waals surface area contributed by atoms with Gasteiger partial charge in [-0.15, -0.1) is 0 Å². The lowest BCUT2D eigenvalue weighted by atomic mass is 9.69. The highest BCUT2D eigenvalue weighted by Gasteiger charge is 2.54. The minimum absolute atomic E-state index is 0.134. The minimum Gasteiger partial charge on any atom is -0.507 e. The van der Waals surface area contributed by atoms with E-state index in [1.54, 1.807) is 23.1 Å². The van der Waals surface area contributed by atoms with Crippen LogP contribution >= 0.6 is 0 Å². The molecule has 5 heteroatoms. The summed E-state index contributed by atoms with van der Waals surface area (Å²) in [4.78, 5) is 16.9. The average Bonchev–Trinajstić information content (AvgIpc) is 3.51. The number of carbonyl (C=O) groups excluding carboxylic acids is 1. The predicted octanol–water partition coefficient (Wildman–Crippen LogP) is 11.5. The Balaban J connectivity index is 0.000000277. The number of phenols is 3. The van der Waals surface area contributed by atoms with E-state index in [4.69, 9.17) is 0 Å². The van der Waals surface area contributed by atoms with E-state index in [-0.39, 0.29) is 17.4 Å². The second-order valence-corrected chi connectivity index (χ2v) is 13.3. The third-order valence-electron chi connectivity index (χ3n) is 10.1. The van der Waals surface area contributed by atoms with Crippen molar-refractivity contribution in [2.24, 2.45) is 0 Å². The lowest BCUT2D eigenvalue weighted by Crippen LogP contribution is -2.40. The monoisotopic (exact) mass is 715 g/mol. The summed E-state index contributed by atoms with van der Waals surface area (Å²) in [5.41, 5.74) is 7.45. The van der Waals surface area contributed by atoms with Gasteiger partial charge >= 0.3 is 0 Å². The molecule has 3 N–H and O–H groups in total. The van der Waals surface area contributed by atoms with Crippen LogP contribution in [-0.2, 0) is 10.2 Å². The number of para-hydroxylation sites is 3. The fourth-order valence-electron chi connectivity index (χ4n) is 7.51. The molecule has 55 heavy (non-hydrogen) atoms. The Hall–Kier alpha value is -7.37. The third kappa shape index (κ3) is 6.38. The summed E-state index contributed by atoms with van der Waals surface area (Å²) in [5, 5.41) is 31.5. The molecule has 8 aromatic rings. The van der Waals surface area contributed by atoms with Crippen LogP contribution in [0.1, 0.15) is 16.7 Å². The highest BCUT2D eigenvalue weighted by atomic mass is 16.3. The van der Waals surface area contributed by atoms with Gasteiger partial charge in [-0.1, -0.05) is 158 Å². The van der Waals surface area contributed by atoms with Crippen molar-refractivity contribution in [2.45, 2.75) is 5.41 Å². The number of amides is 1. The van der Waals surface area contributed by atoms with E-state index in [1.807, 2.05) is 188 Å². The Morgan fingerprint density at radius 1 is 0.382 bits per heavy atom. The van der Waals surface area contributed by atoms with E-state index in [1.165, 1.54) is 0 Å². The summed E-state index contributed by atoms with van der Waals surface area (Å²) < 4.78 is 0. The predicted molar refractivity (Wildman–Crippen MR) is 221 cm³/mol. The molecule has 9 rings (SSSR count). The molecule has 8 aromatic carbocycles. The largest absolute Gasteiger partial charge is 0.507 e. The van der Waals surface area contributed by atoms with Crippen LogP contribution in [-0.4, -0.2) is 21.2 Å². The molecule has 0 saturated carbocycles. The summed E-state index contributed by atoms with van der Waals surface area (Å²) in [6.45, 7) is 0. The first-order valence-corrected chi connectivity index (χ1v) is 18.1. The van der Waals surface area contributed by atoms with E-state index in [0.29, 0.717) is 16.9 Å². The Kier molecular flexibility index (Phi) is 9.42. The molecular formula is C50H37NO4. The van der Waals surface area contributed by atoms with Gasteiger partial charge in [0.1, 0.15) is 22.7 Å². The number of hydrogen-bond acceptors (Lipinski definition) is 4. The number of benzene rings is 8. The van der Waals surface area contributed by atoms with Gasteiger partial charge in [-0.25, -0.2) is 0 Å². The Labute approximate surface area is 320 Å². The third-order valence-corrected chi connectivity index (χ3v) is 10.1. The number of carbonyl (C=O) groups is 1. The van der Waals surface area contributed by atoms with Crippen molar-refractivity contribution in [1.82, 2.24) is 0 Å². The van der Waals surface area contributed by atoms with Crippen LogP contribution < -0.4 is 4.90 Å². The molecular weight excluding hydrogens is 679 g/mol. The molecule has 0 spiro atoms. The fourth-order valence-corrected chi connectivity index (χ4v) is 7.51. The van der Waals surface area contributed by atoms with Gasteiger partial charge in [0, 0.05) is 27.9 Å². The summed E-state index contributed by atoms with van der Waals surface area (Å²) in [7, 11) is 0. The number of aromatic hydroxyl groups is 3. The van der Waals surface area contributed by atoms with Crippen LogP contribution in [0, 0.1) is 0 Å². The molecule has 1 aliphatic rings. The molecule has 0 aromatic heterocycles. The second-order valence-electron chi connectivity index (χ2n) is 13.3. The Bertz CT molecular complexity index is 2500. The number of fused-ring (bicyclic) bond motifs is 1. The van der Waals surface area contributed by atoms with Gasteiger partial charge in [0.25, 0.3) is 5.91 Å². The maximum absolute atomic E-state index is 15.2. The van der Waals surface area contributed by atoms with Crippen molar-refractivity contribution in [3.05, 3.63) is 223 Å². The van der Waals surface area contributed by atoms with Crippen LogP contribution in [0.25, 0.3) is 33.4 Å². The fraction of sp³-hybridized carbons (Fsp3) is 0.0200. The van der Waals surface area contributed by atoms with Crippen LogP contribution in [0.2, 0.25) is 0 Å². The highest BCUT2D eigenvalue weighted by molar-refractivity contribution is 6.17. The van der Waals surface area contributed by atoms with E-state index in [9.17, 15) is 15.3 Å². The standard InChI is InChI=1S/C38H27NO3.C12H10O/c40-35-22-20-28(24-31(35)26-12-4-1-5-13-26)38(29-21-23-36(41)32(25-29)27-14-6-2-7-15-27)33-18-10-11-19-34(33)39(37(38)42)30-16-8-3-9-17-30;13-12-9-5-4-8-11(12)10-6-2-1-3-7-10/h1-25,40-41H;1-9,13H. The smallest absolute Gasteiger partial charge is 0.251 e. The number of nitrogens with zero attached hydrogens (tertiary/aromatic N) is 1. The minimum atomic E-state index is -1.26. The first-order valence-electron chi connectivity index (χ1n) is 18.1. The van der Waals surface area contributed by atoms with Crippen molar-refractivity contribution in [1.29, 1.82) is 0 Å². The second kappa shape index (κ2) is 14.9. The summed E-state index contributed by atoms with van der Waals surface area (Å²) in [5.74, 6) is 0.460. The van der Waals surface area contributed by atoms with Gasteiger partial charge in [0.2, 0.25) is 0 Å². The van der Waals surface area contributed by atoms with Gasteiger partial charge in [-0.2, -0.15) is 0 Å². The molecule has 0 unspecified atom stereocenters. The van der Waals surface area contributed by atoms with E-state index in [0.717, 1.165) is 50.3 Å². The van der Waals surface area contributed by atoms with E-state index < -0.39 is 5.41 Å². The first kappa shape index (κ1) is 34.7. The topological polar surface area (TPSA) is 81.0 Å². The molecule has 0 fully saturated rings. The maximum Gasteiger partial charge on any atom is 0.251 e. The van der Waals surface area contributed by atoms with Gasteiger partial charge in [0.15, 0.2) is 0 Å². The normalized spacial score (nSPS) is 12.7. The zero-order chi connectivity index (χ0) is 37.8. The van der Waals surface area contributed by atoms with Gasteiger partial charge in [-0.3, -0.25) is 9.69 Å².